The molecule has 0 aliphatic heterocycles. The number of ether oxygens (including phenoxy) is 4. The van der Waals surface area contributed by atoms with Gasteiger partial charge in [-0.3, -0.25) is 19.2 Å². The number of carbonyl (C=O) groups excluding carboxylic acids is 4. The van der Waals surface area contributed by atoms with Crippen LogP contribution in [0.3, 0.4) is 0 Å². The Balaban J connectivity index is 0.884. The molecule has 0 N–H and O–H groups in total. The molecule has 0 atom stereocenters. The zero-order chi connectivity index (χ0) is 44.6. The van der Waals surface area contributed by atoms with Crippen LogP contribution in [0.5, 0.6) is 11.5 Å². The van der Waals surface area contributed by atoms with E-state index in [1.165, 1.54) is 22.5 Å². The average Bonchev–Trinajstić information content (AvgIpc) is 3.66. The highest BCUT2D eigenvalue weighted by Crippen LogP contribution is 2.39. The summed E-state index contributed by atoms with van der Waals surface area (Å²) in [5.74, 6) is -1.46. The van der Waals surface area contributed by atoms with Crippen molar-refractivity contribution < 1.29 is 38.1 Å². The molecule has 0 unspecified atom stereocenters. The van der Waals surface area contributed by atoms with Gasteiger partial charge in [-0.1, -0.05) is 86.8 Å². The van der Waals surface area contributed by atoms with Crippen LogP contribution >= 0.6 is 11.3 Å². The number of hydrogen-bond acceptors (Lipinski definition) is 11. The van der Waals surface area contributed by atoms with Crippen molar-refractivity contribution in [1.82, 2.24) is 9.97 Å². The van der Waals surface area contributed by atoms with Gasteiger partial charge >= 0.3 is 23.9 Å². The van der Waals surface area contributed by atoms with Gasteiger partial charge in [0.2, 0.25) is 0 Å². The van der Waals surface area contributed by atoms with Gasteiger partial charge < -0.3 is 18.9 Å². The van der Waals surface area contributed by atoms with E-state index in [4.69, 9.17) is 28.9 Å². The summed E-state index contributed by atoms with van der Waals surface area (Å²) in [5, 5.41) is 0.949. The SMILES string of the molecule is CCCc1ccc(CCC(=O)OC2CCC(C(=O)Oc3ccc(OC(=O)C4CCC(OC(=O)CCc5ccc(CCC)cc5)CC4)c4nc5c(nc34)sc3ccc(C)cc35)CC2)cc1. The van der Waals surface area contributed by atoms with E-state index in [9.17, 15) is 19.2 Å². The van der Waals surface area contributed by atoms with Crippen molar-refractivity contribution >= 4 is 66.7 Å². The molecule has 0 amide bonds. The first-order valence-electron chi connectivity index (χ1n) is 23.2. The molecule has 2 aliphatic rings. The zero-order valence-corrected chi connectivity index (χ0v) is 38.0. The van der Waals surface area contributed by atoms with Crippen LogP contribution < -0.4 is 9.47 Å². The first-order valence-corrected chi connectivity index (χ1v) is 24.1. The predicted octanol–water partition coefficient (Wildman–Crippen LogP) is 11.5. The summed E-state index contributed by atoms with van der Waals surface area (Å²) in [6, 6.07) is 26.3. The number of aryl methyl sites for hydroxylation is 5. The Labute approximate surface area is 379 Å². The fourth-order valence-corrected chi connectivity index (χ4v) is 10.0. The second kappa shape index (κ2) is 20.9. The first-order chi connectivity index (χ1) is 31.1. The van der Waals surface area contributed by atoms with Crippen LogP contribution in [0.1, 0.15) is 119 Å². The zero-order valence-electron chi connectivity index (χ0n) is 37.2. The van der Waals surface area contributed by atoms with Crippen molar-refractivity contribution in [2.24, 2.45) is 11.8 Å². The van der Waals surface area contributed by atoms with Crippen molar-refractivity contribution in [3.63, 3.8) is 0 Å². The maximum atomic E-state index is 13.7. The van der Waals surface area contributed by atoms with Crippen LogP contribution in [-0.2, 0) is 54.3 Å². The molecule has 11 heteroatoms. The molecule has 2 aromatic heterocycles. The van der Waals surface area contributed by atoms with E-state index in [1.807, 2.05) is 19.1 Å². The molecule has 4 aromatic carbocycles. The fourth-order valence-electron chi connectivity index (χ4n) is 9.03. The van der Waals surface area contributed by atoms with Crippen molar-refractivity contribution in [3.05, 3.63) is 107 Å². The van der Waals surface area contributed by atoms with Crippen molar-refractivity contribution in [3.8, 4) is 11.5 Å². The maximum absolute atomic E-state index is 13.7. The lowest BCUT2D eigenvalue weighted by atomic mass is 9.87. The number of rotatable bonds is 16. The Morgan fingerprint density at radius 2 is 0.984 bits per heavy atom. The van der Waals surface area contributed by atoms with Crippen LogP contribution in [0, 0.1) is 18.8 Å². The summed E-state index contributed by atoms with van der Waals surface area (Å²) in [5.41, 5.74) is 7.27. The number of aromatic nitrogens is 2. The maximum Gasteiger partial charge on any atom is 0.314 e. The average molecular weight is 883 g/mol. The topological polar surface area (TPSA) is 131 Å². The first kappa shape index (κ1) is 44.9. The van der Waals surface area contributed by atoms with E-state index in [1.54, 1.807) is 12.1 Å². The fraction of sp³-hybridized carbons (Fsp3) is 0.434. The Morgan fingerprint density at radius 3 is 1.44 bits per heavy atom. The van der Waals surface area contributed by atoms with Crippen LogP contribution in [0.4, 0.5) is 0 Å². The summed E-state index contributed by atoms with van der Waals surface area (Å²) in [7, 11) is 0. The summed E-state index contributed by atoms with van der Waals surface area (Å²) in [6.07, 6.45) is 10.1. The monoisotopic (exact) mass is 882 g/mol. The second-order valence-electron chi connectivity index (χ2n) is 17.6. The minimum Gasteiger partial charge on any atom is -0.462 e. The third-order valence-corrected chi connectivity index (χ3v) is 13.8. The summed E-state index contributed by atoms with van der Waals surface area (Å²) in [6.45, 7) is 6.35. The van der Waals surface area contributed by atoms with Gasteiger partial charge in [-0.2, -0.15) is 0 Å². The van der Waals surface area contributed by atoms with Crippen molar-refractivity contribution in [2.75, 3.05) is 0 Å². The standard InChI is InChI=1S/C53H58N2O8S/c1-4-6-34-9-13-36(14-10-34)17-30-46(56)60-40-23-19-38(20-24-40)52(58)62-43-27-28-44(50-49(43)54-48-42-32-33(3)8-29-45(42)64-51(48)55-50)63-53(59)39-21-25-41(26-22-39)61-47(57)31-18-37-15-11-35(7-5-2)12-16-37/h8-16,27-29,32,38-41H,4-7,17-26,30-31H2,1-3H3. The number of esters is 4. The number of carbonyl (C=O) groups is 4. The van der Waals surface area contributed by atoms with Gasteiger partial charge in [0, 0.05) is 22.9 Å². The quantitative estimate of drug-likeness (QED) is 0.0684. The second-order valence-corrected chi connectivity index (χ2v) is 18.7. The van der Waals surface area contributed by atoms with Gasteiger partial charge in [-0.25, -0.2) is 9.97 Å². The molecule has 2 saturated carbocycles. The Hall–Kier alpha value is -5.68. The number of fused-ring (bicyclic) bond motifs is 4. The number of hydrogen-bond donors (Lipinski definition) is 0. The Kier molecular flexibility index (Phi) is 14.7. The largest absolute Gasteiger partial charge is 0.462 e. The summed E-state index contributed by atoms with van der Waals surface area (Å²) >= 11 is 1.50. The van der Waals surface area contributed by atoms with Gasteiger partial charge in [-0.15, -0.1) is 11.3 Å². The third-order valence-electron chi connectivity index (χ3n) is 12.7. The van der Waals surface area contributed by atoms with Crippen LogP contribution in [0.15, 0.2) is 78.9 Å². The Bertz CT molecular complexity index is 2600. The van der Waals surface area contributed by atoms with E-state index in [-0.39, 0.29) is 59.4 Å². The molecule has 2 heterocycles. The molecule has 64 heavy (non-hydrogen) atoms. The molecule has 0 bridgehead atoms. The third kappa shape index (κ3) is 11.2. The molecule has 0 saturated heterocycles. The van der Waals surface area contributed by atoms with Crippen molar-refractivity contribution in [2.45, 2.75) is 136 Å². The van der Waals surface area contributed by atoms with Gasteiger partial charge in [0.1, 0.15) is 33.6 Å². The van der Waals surface area contributed by atoms with Crippen LogP contribution in [0.2, 0.25) is 0 Å². The van der Waals surface area contributed by atoms with Gasteiger partial charge in [0.25, 0.3) is 0 Å². The van der Waals surface area contributed by atoms with E-state index in [0.29, 0.717) is 98.4 Å². The highest BCUT2D eigenvalue weighted by Gasteiger charge is 2.32. The van der Waals surface area contributed by atoms with E-state index in [0.717, 1.165) is 52.5 Å². The van der Waals surface area contributed by atoms with Gasteiger partial charge in [0.05, 0.1) is 11.8 Å². The normalized spacial score (nSPS) is 18.8. The lowest BCUT2D eigenvalue weighted by molar-refractivity contribution is -0.153. The lowest BCUT2D eigenvalue weighted by Gasteiger charge is -2.27. The predicted molar refractivity (Wildman–Crippen MR) is 250 cm³/mol. The number of thiophene rings is 1. The van der Waals surface area contributed by atoms with E-state index < -0.39 is 0 Å². The molecular formula is C53H58N2O8S. The lowest BCUT2D eigenvalue weighted by Crippen LogP contribution is -2.30. The molecule has 0 radical (unpaired) electrons. The Morgan fingerprint density at radius 1 is 0.547 bits per heavy atom. The van der Waals surface area contributed by atoms with E-state index >= 15 is 0 Å². The summed E-state index contributed by atoms with van der Waals surface area (Å²) < 4.78 is 24.9. The number of nitrogens with zero attached hydrogens (tertiary/aromatic N) is 2. The number of benzene rings is 4. The molecule has 2 fully saturated rings. The van der Waals surface area contributed by atoms with Crippen LogP contribution in [0.25, 0.3) is 31.5 Å². The molecular weight excluding hydrogens is 825 g/mol. The molecule has 0 spiro atoms. The minimum atomic E-state index is -0.381. The molecule has 334 valence electrons. The van der Waals surface area contributed by atoms with Gasteiger partial charge in [0.15, 0.2) is 11.5 Å². The molecule has 10 nitrogen and oxygen atoms in total. The molecule has 8 rings (SSSR count). The highest BCUT2D eigenvalue weighted by molar-refractivity contribution is 7.25. The van der Waals surface area contributed by atoms with Gasteiger partial charge in [-0.05, 0) is 130 Å². The molecule has 6 aromatic rings. The highest BCUT2D eigenvalue weighted by atomic mass is 32.1. The minimum absolute atomic E-state index is 0.221. The van der Waals surface area contributed by atoms with E-state index in [2.05, 4.69) is 68.4 Å². The smallest absolute Gasteiger partial charge is 0.314 e. The summed E-state index contributed by atoms with van der Waals surface area (Å²) in [4.78, 5) is 63.6. The molecule has 2 aliphatic carbocycles. The van der Waals surface area contributed by atoms with Crippen LogP contribution in [-0.4, -0.2) is 46.1 Å². The van der Waals surface area contributed by atoms with Crippen molar-refractivity contribution in [1.29, 1.82) is 0 Å².